The Labute approximate surface area is 103 Å². The van der Waals surface area contributed by atoms with Crippen LogP contribution < -0.4 is 0 Å². The van der Waals surface area contributed by atoms with Gasteiger partial charge < -0.3 is 9.30 Å². The first-order valence-corrected chi connectivity index (χ1v) is 5.98. The van der Waals surface area contributed by atoms with Crippen LogP contribution in [0.25, 0.3) is 0 Å². The third kappa shape index (κ3) is 3.58. The molecule has 0 aromatic carbocycles. The monoisotopic (exact) mass is 238 g/mol. The molecule has 1 heterocycles. The zero-order chi connectivity index (χ0) is 13.2. The molecule has 0 aliphatic carbocycles. The maximum Gasteiger partial charge on any atom is 0.329 e. The highest BCUT2D eigenvalue weighted by molar-refractivity contribution is 5.74. The van der Waals surface area contributed by atoms with Crippen molar-refractivity contribution in [2.75, 3.05) is 0 Å². The van der Waals surface area contributed by atoms with Crippen molar-refractivity contribution in [1.29, 1.82) is 0 Å². The summed E-state index contributed by atoms with van der Waals surface area (Å²) in [5.74, 6) is 0.968. The summed E-state index contributed by atoms with van der Waals surface area (Å²) in [6, 6.07) is -0.339. The van der Waals surface area contributed by atoms with Gasteiger partial charge in [-0.1, -0.05) is 13.8 Å². The molecule has 0 bridgehead atoms. The predicted octanol–water partition coefficient (Wildman–Crippen LogP) is 2.91. The van der Waals surface area contributed by atoms with Gasteiger partial charge in [0, 0.05) is 18.3 Å². The minimum atomic E-state index is -0.454. The fraction of sp³-hybridized carbons (Fsp3) is 0.692. The van der Waals surface area contributed by atoms with Crippen LogP contribution in [0.5, 0.6) is 0 Å². The van der Waals surface area contributed by atoms with Crippen molar-refractivity contribution in [2.24, 2.45) is 0 Å². The number of imidazole rings is 1. The molecule has 17 heavy (non-hydrogen) atoms. The standard InChI is InChI=1S/C13H22N2O2/c1-9(2)11-14-7-8-15(11)10(3)12(16)17-13(4,5)6/h7-10H,1-6H3. The third-order valence-corrected chi connectivity index (χ3v) is 2.38. The molecule has 1 aromatic rings. The fourth-order valence-corrected chi connectivity index (χ4v) is 1.60. The third-order valence-electron chi connectivity index (χ3n) is 2.38. The molecule has 0 radical (unpaired) electrons. The Morgan fingerprint density at radius 1 is 1.35 bits per heavy atom. The van der Waals surface area contributed by atoms with Gasteiger partial charge in [0.25, 0.3) is 0 Å². The summed E-state index contributed by atoms with van der Waals surface area (Å²) >= 11 is 0. The van der Waals surface area contributed by atoms with E-state index in [1.54, 1.807) is 6.20 Å². The molecule has 1 atom stereocenters. The second-order valence-electron chi connectivity index (χ2n) is 5.56. The zero-order valence-electron chi connectivity index (χ0n) is 11.5. The van der Waals surface area contributed by atoms with Gasteiger partial charge >= 0.3 is 5.97 Å². The van der Waals surface area contributed by atoms with Gasteiger partial charge in [0.15, 0.2) is 0 Å². The van der Waals surface area contributed by atoms with Gasteiger partial charge in [-0.05, 0) is 27.7 Å². The van der Waals surface area contributed by atoms with Crippen LogP contribution >= 0.6 is 0 Å². The van der Waals surface area contributed by atoms with Gasteiger partial charge in [-0.3, -0.25) is 0 Å². The van der Waals surface area contributed by atoms with E-state index in [1.165, 1.54) is 0 Å². The van der Waals surface area contributed by atoms with Crippen molar-refractivity contribution in [3.05, 3.63) is 18.2 Å². The average molecular weight is 238 g/mol. The van der Waals surface area contributed by atoms with Crippen molar-refractivity contribution in [1.82, 2.24) is 9.55 Å². The fourth-order valence-electron chi connectivity index (χ4n) is 1.60. The summed E-state index contributed by atoms with van der Waals surface area (Å²) in [5, 5.41) is 0. The number of carbonyl (C=O) groups excluding carboxylic acids is 1. The number of hydrogen-bond acceptors (Lipinski definition) is 3. The molecule has 0 spiro atoms. The molecule has 0 fully saturated rings. The molecule has 0 amide bonds. The predicted molar refractivity (Wildman–Crippen MR) is 66.9 cm³/mol. The Morgan fingerprint density at radius 2 is 1.94 bits per heavy atom. The molecule has 4 nitrogen and oxygen atoms in total. The topological polar surface area (TPSA) is 44.1 Å². The Kier molecular flexibility index (Phi) is 3.96. The number of ether oxygens (including phenoxy) is 1. The van der Waals surface area contributed by atoms with E-state index in [1.807, 2.05) is 38.5 Å². The van der Waals surface area contributed by atoms with Crippen molar-refractivity contribution in [3.8, 4) is 0 Å². The molecular formula is C13H22N2O2. The highest BCUT2D eigenvalue weighted by Gasteiger charge is 2.24. The molecule has 0 saturated heterocycles. The SMILES string of the molecule is CC(C)c1nccn1C(C)C(=O)OC(C)(C)C. The van der Waals surface area contributed by atoms with E-state index in [2.05, 4.69) is 18.8 Å². The molecule has 1 unspecified atom stereocenters. The summed E-state index contributed by atoms with van der Waals surface area (Å²) in [7, 11) is 0. The zero-order valence-corrected chi connectivity index (χ0v) is 11.5. The molecule has 0 aliphatic rings. The molecule has 4 heteroatoms. The van der Waals surface area contributed by atoms with Gasteiger partial charge in [0.05, 0.1) is 0 Å². The van der Waals surface area contributed by atoms with Gasteiger partial charge in [-0.15, -0.1) is 0 Å². The van der Waals surface area contributed by atoms with Gasteiger partial charge in [0.2, 0.25) is 0 Å². The largest absolute Gasteiger partial charge is 0.458 e. The number of carbonyl (C=O) groups is 1. The molecular weight excluding hydrogens is 216 g/mol. The van der Waals surface area contributed by atoms with E-state index < -0.39 is 5.60 Å². The maximum absolute atomic E-state index is 12.0. The van der Waals surface area contributed by atoms with Gasteiger partial charge in [0.1, 0.15) is 17.5 Å². The number of esters is 1. The van der Waals surface area contributed by atoms with Crippen molar-refractivity contribution in [2.45, 2.75) is 59.1 Å². The van der Waals surface area contributed by atoms with E-state index in [9.17, 15) is 4.79 Å². The Hall–Kier alpha value is -1.32. The Balaban J connectivity index is 2.85. The van der Waals surface area contributed by atoms with Crippen molar-refractivity contribution in [3.63, 3.8) is 0 Å². The summed E-state index contributed by atoms with van der Waals surface area (Å²) in [4.78, 5) is 16.2. The van der Waals surface area contributed by atoms with Crippen LogP contribution in [0.4, 0.5) is 0 Å². The minimum Gasteiger partial charge on any atom is -0.458 e. The van der Waals surface area contributed by atoms with E-state index >= 15 is 0 Å². The van der Waals surface area contributed by atoms with Crippen LogP contribution in [0.1, 0.15) is 59.3 Å². The van der Waals surface area contributed by atoms with Crippen molar-refractivity contribution < 1.29 is 9.53 Å². The highest BCUT2D eigenvalue weighted by atomic mass is 16.6. The molecule has 0 saturated carbocycles. The van der Waals surface area contributed by atoms with E-state index in [4.69, 9.17) is 4.74 Å². The lowest BCUT2D eigenvalue weighted by molar-refractivity contribution is -0.158. The van der Waals surface area contributed by atoms with Crippen LogP contribution in [0.15, 0.2) is 12.4 Å². The molecule has 0 N–H and O–H groups in total. The first-order valence-electron chi connectivity index (χ1n) is 5.98. The second-order valence-corrected chi connectivity index (χ2v) is 5.56. The van der Waals surface area contributed by atoms with Gasteiger partial charge in [-0.25, -0.2) is 9.78 Å². The van der Waals surface area contributed by atoms with Crippen LogP contribution in [-0.4, -0.2) is 21.1 Å². The second kappa shape index (κ2) is 4.90. The Bertz CT molecular complexity index is 388. The van der Waals surface area contributed by atoms with Crippen LogP contribution in [0, 0.1) is 0 Å². The van der Waals surface area contributed by atoms with E-state index in [0.717, 1.165) is 5.82 Å². The first-order chi connectivity index (χ1) is 7.72. The van der Waals surface area contributed by atoms with E-state index in [0.29, 0.717) is 0 Å². The number of hydrogen-bond donors (Lipinski definition) is 0. The van der Waals surface area contributed by atoms with Crippen LogP contribution in [0.2, 0.25) is 0 Å². The van der Waals surface area contributed by atoms with E-state index in [-0.39, 0.29) is 17.9 Å². The maximum atomic E-state index is 12.0. The number of rotatable bonds is 3. The molecule has 96 valence electrons. The summed E-state index contributed by atoms with van der Waals surface area (Å²) in [5.41, 5.74) is -0.454. The molecule has 0 aliphatic heterocycles. The normalized spacial score (nSPS) is 13.8. The van der Waals surface area contributed by atoms with Gasteiger partial charge in [-0.2, -0.15) is 0 Å². The lowest BCUT2D eigenvalue weighted by Gasteiger charge is -2.24. The quantitative estimate of drug-likeness (QED) is 0.760. The lowest BCUT2D eigenvalue weighted by Crippen LogP contribution is -2.29. The molecule has 1 rings (SSSR count). The summed E-state index contributed by atoms with van der Waals surface area (Å²) in [6.07, 6.45) is 3.54. The number of aromatic nitrogens is 2. The van der Waals surface area contributed by atoms with Crippen LogP contribution in [-0.2, 0) is 9.53 Å². The first kappa shape index (κ1) is 13.7. The lowest BCUT2D eigenvalue weighted by atomic mass is 10.1. The Morgan fingerprint density at radius 3 is 2.41 bits per heavy atom. The highest BCUT2D eigenvalue weighted by Crippen LogP contribution is 2.20. The number of nitrogens with zero attached hydrogens (tertiary/aromatic N) is 2. The summed E-state index contributed by atoms with van der Waals surface area (Å²) in [6.45, 7) is 11.6. The summed E-state index contributed by atoms with van der Waals surface area (Å²) < 4.78 is 7.24. The minimum absolute atomic E-state index is 0.225. The average Bonchev–Trinajstić information content (AvgIpc) is 2.61. The van der Waals surface area contributed by atoms with Crippen molar-refractivity contribution >= 4 is 5.97 Å². The smallest absolute Gasteiger partial charge is 0.329 e. The molecule has 1 aromatic heterocycles. The van der Waals surface area contributed by atoms with Crippen LogP contribution in [0.3, 0.4) is 0 Å².